The Morgan fingerprint density at radius 1 is 1.04 bits per heavy atom. The Balaban J connectivity index is 1.11. The highest BCUT2D eigenvalue weighted by Crippen LogP contribution is 2.41. The van der Waals surface area contributed by atoms with Crippen molar-refractivity contribution in [3.63, 3.8) is 0 Å². The van der Waals surface area contributed by atoms with Gasteiger partial charge in [-0.25, -0.2) is 5.43 Å². The minimum atomic E-state index is -1.18. The van der Waals surface area contributed by atoms with Crippen molar-refractivity contribution >= 4 is 40.5 Å². The molecule has 3 saturated heterocycles. The number of likely N-dealkylation sites (N-methyl/N-ethyl adjacent to an activating group) is 1. The number of ether oxygens (including phenoxy) is 3. The molecule has 0 aliphatic carbocycles. The quantitative estimate of drug-likeness (QED) is 0.149. The highest BCUT2D eigenvalue weighted by molar-refractivity contribution is 5.97. The van der Waals surface area contributed by atoms with Gasteiger partial charge in [0.2, 0.25) is 11.8 Å². The van der Waals surface area contributed by atoms with Crippen LogP contribution in [0, 0.1) is 29.1 Å². The Hall–Kier alpha value is -6.32. The molecule has 384 valence electrons. The van der Waals surface area contributed by atoms with Crippen LogP contribution in [0.15, 0.2) is 54.7 Å². The largest absolute Gasteiger partial charge is 0.508 e. The second-order valence-electron chi connectivity index (χ2n) is 20.7. The Kier molecular flexibility index (Phi) is 16.3. The maximum absolute atomic E-state index is 14.8. The van der Waals surface area contributed by atoms with Crippen molar-refractivity contribution in [1.82, 2.24) is 40.0 Å². The number of carbonyl (C=O) groups is 5. The molecule has 4 aliphatic rings. The van der Waals surface area contributed by atoms with Gasteiger partial charge in [0.1, 0.15) is 23.9 Å². The Labute approximate surface area is 422 Å². The lowest BCUT2D eigenvalue weighted by Crippen LogP contribution is -2.62. The number of rotatable bonds is 10. The van der Waals surface area contributed by atoms with Crippen LogP contribution in [0.2, 0.25) is 0 Å². The fourth-order valence-corrected chi connectivity index (χ4v) is 10.7. The summed E-state index contributed by atoms with van der Waals surface area (Å²) in [5.41, 5.74) is 9.52. The van der Waals surface area contributed by atoms with Crippen molar-refractivity contribution in [3.05, 3.63) is 71.5 Å². The number of aryl methyl sites for hydroxylation is 1. The number of aromatic hydroxyl groups is 1. The van der Waals surface area contributed by atoms with Crippen molar-refractivity contribution in [1.29, 1.82) is 0 Å². The predicted octanol–water partition coefficient (Wildman–Crippen LogP) is 4.56. The maximum atomic E-state index is 14.8. The molecule has 17 nitrogen and oxygen atoms in total. The first-order valence-corrected chi connectivity index (χ1v) is 25.4. The molecule has 4 aliphatic heterocycles. The van der Waals surface area contributed by atoms with Gasteiger partial charge in [-0.05, 0) is 103 Å². The molecular weight excluding hydrogens is 917 g/mol. The van der Waals surface area contributed by atoms with Crippen LogP contribution in [0.5, 0.6) is 5.75 Å². The maximum Gasteiger partial charge on any atom is 0.324 e. The summed E-state index contributed by atoms with van der Waals surface area (Å²) < 4.78 is 19.4. The lowest BCUT2D eigenvalue weighted by Gasteiger charge is -2.37. The summed E-state index contributed by atoms with van der Waals surface area (Å²) in [4.78, 5) is 80.6. The summed E-state index contributed by atoms with van der Waals surface area (Å²) in [6.07, 6.45) is 3.65. The monoisotopic (exact) mass is 987 g/mol. The molecule has 3 N–H and O–H groups in total. The van der Waals surface area contributed by atoms with Crippen LogP contribution in [-0.4, -0.2) is 155 Å². The van der Waals surface area contributed by atoms with Gasteiger partial charge in [-0.1, -0.05) is 45.7 Å². The molecule has 1 unspecified atom stereocenters. The highest BCUT2D eigenvalue weighted by atomic mass is 16.5. The van der Waals surface area contributed by atoms with E-state index in [9.17, 15) is 29.1 Å². The Morgan fingerprint density at radius 2 is 1.83 bits per heavy atom. The first kappa shape index (κ1) is 52.0. The smallest absolute Gasteiger partial charge is 0.324 e. The number of esters is 1. The number of cyclic esters (lactones) is 1. The second kappa shape index (κ2) is 22.6. The van der Waals surface area contributed by atoms with Crippen LogP contribution in [-0.2, 0) is 64.2 Å². The number of nitrogens with one attached hydrogen (secondary N) is 2. The molecular formula is C55H70N8O9. The number of carbonyl (C=O) groups excluding carboxylic acids is 5. The molecule has 0 spiro atoms. The summed E-state index contributed by atoms with van der Waals surface area (Å²) in [7, 11) is 3.24. The molecule has 6 bridgehead atoms. The number of phenols is 1. The van der Waals surface area contributed by atoms with Gasteiger partial charge >= 0.3 is 5.97 Å². The van der Waals surface area contributed by atoms with Crippen molar-refractivity contribution in [3.8, 4) is 40.0 Å². The number of likely N-dealkylation sites (tertiary alicyclic amines) is 1. The van der Waals surface area contributed by atoms with Crippen LogP contribution in [0.1, 0.15) is 70.7 Å². The number of benzene rings is 2. The summed E-state index contributed by atoms with van der Waals surface area (Å²) in [6.45, 7) is 15.1. The van der Waals surface area contributed by atoms with Gasteiger partial charge in [-0.2, -0.15) is 0 Å². The third-order valence-corrected chi connectivity index (χ3v) is 14.4. The number of morpholine rings is 1. The Morgan fingerprint density at radius 3 is 2.58 bits per heavy atom. The van der Waals surface area contributed by atoms with Gasteiger partial charge in [0, 0.05) is 87.9 Å². The molecule has 4 aromatic rings. The zero-order valence-electron chi connectivity index (χ0n) is 42.8. The Bertz CT molecular complexity index is 2740. The number of hydrazine groups is 1. The lowest BCUT2D eigenvalue weighted by molar-refractivity contribution is -0.155. The van der Waals surface area contributed by atoms with Crippen LogP contribution >= 0.6 is 0 Å². The van der Waals surface area contributed by atoms with Crippen LogP contribution in [0.3, 0.4) is 0 Å². The summed E-state index contributed by atoms with van der Waals surface area (Å²) >= 11 is 0. The van der Waals surface area contributed by atoms with E-state index in [0.717, 1.165) is 52.1 Å². The summed E-state index contributed by atoms with van der Waals surface area (Å²) in [5, 5.41) is 16.8. The van der Waals surface area contributed by atoms with Gasteiger partial charge in [-0.3, -0.25) is 38.9 Å². The lowest BCUT2D eigenvalue weighted by atomic mass is 9.84. The molecule has 17 heteroatoms. The molecule has 72 heavy (non-hydrogen) atoms. The van der Waals surface area contributed by atoms with E-state index in [4.69, 9.17) is 19.2 Å². The number of nitrogens with zero attached hydrogens (tertiary/aromatic N) is 6. The van der Waals surface area contributed by atoms with E-state index in [1.165, 1.54) is 9.91 Å². The number of hydrogen-bond acceptors (Lipinski definition) is 12. The third kappa shape index (κ3) is 11.6. The van der Waals surface area contributed by atoms with E-state index in [0.29, 0.717) is 76.3 Å². The first-order chi connectivity index (χ1) is 34.5. The van der Waals surface area contributed by atoms with Gasteiger partial charge < -0.3 is 39.0 Å². The first-order valence-electron chi connectivity index (χ1n) is 25.4. The van der Waals surface area contributed by atoms with Crippen LogP contribution in [0.25, 0.3) is 33.3 Å². The van der Waals surface area contributed by atoms with E-state index >= 15 is 0 Å². The van der Waals surface area contributed by atoms with Gasteiger partial charge in [0.25, 0.3) is 11.8 Å². The number of pyridine rings is 1. The zero-order chi connectivity index (χ0) is 51.3. The molecule has 0 saturated carbocycles. The molecule has 6 heterocycles. The number of hydrogen-bond donors (Lipinski definition) is 3. The molecule has 2 aromatic carbocycles. The van der Waals surface area contributed by atoms with Gasteiger partial charge in [0.05, 0.1) is 50.3 Å². The molecule has 0 radical (unpaired) electrons. The second-order valence-corrected chi connectivity index (χ2v) is 20.7. The van der Waals surface area contributed by atoms with Crippen LogP contribution < -0.4 is 10.7 Å². The SMILES string of the molecule is CCn1c(-c2cccnc2COC)c2c3cc(ccc31)-c1cc(O)cc(c1)C[C@H](NC(=O)C(C(C)C)N(C)C(=O)[C@H]1CCN(C(=O)C#CCN3CCOCC3)C1)C(=O)N1CCC[C@H](N1)C(=O)OCC(C)(C)C2. The van der Waals surface area contributed by atoms with E-state index in [1.807, 2.05) is 32.0 Å². The van der Waals surface area contributed by atoms with Gasteiger partial charge in [-0.15, -0.1) is 0 Å². The molecule has 4 amide bonds. The summed E-state index contributed by atoms with van der Waals surface area (Å²) in [6, 6.07) is 12.4. The van der Waals surface area contributed by atoms with E-state index < -0.39 is 47.2 Å². The van der Waals surface area contributed by atoms with Crippen molar-refractivity contribution < 1.29 is 43.3 Å². The number of phenolic OH excluding ortho intramolecular Hbond substituents is 1. The fourth-order valence-electron chi connectivity index (χ4n) is 10.7. The summed E-state index contributed by atoms with van der Waals surface area (Å²) in [5.74, 6) is 2.67. The molecule has 8 rings (SSSR count). The average Bonchev–Trinajstić information content (AvgIpc) is 3.98. The predicted molar refractivity (Wildman–Crippen MR) is 272 cm³/mol. The van der Waals surface area contributed by atoms with Crippen molar-refractivity contribution in [2.45, 2.75) is 98.0 Å². The number of methoxy groups -OCH3 is 1. The van der Waals surface area contributed by atoms with Crippen LogP contribution in [0.4, 0.5) is 0 Å². The van der Waals surface area contributed by atoms with E-state index in [1.54, 1.807) is 37.4 Å². The minimum absolute atomic E-state index is 0.0151. The normalized spacial score (nSPS) is 21.1. The number of fused-ring (bicyclic) bond motifs is 6. The fraction of sp³-hybridized carbons (Fsp3) is 0.527. The molecule has 4 atom stereocenters. The van der Waals surface area contributed by atoms with E-state index in [2.05, 4.69) is 71.0 Å². The zero-order valence-corrected chi connectivity index (χ0v) is 42.8. The van der Waals surface area contributed by atoms with E-state index in [-0.39, 0.29) is 49.6 Å². The van der Waals surface area contributed by atoms with Crippen molar-refractivity contribution in [2.24, 2.45) is 17.3 Å². The third-order valence-electron chi connectivity index (χ3n) is 14.4. The molecule has 2 aromatic heterocycles. The topological polar surface area (TPSA) is 188 Å². The number of amides is 4. The van der Waals surface area contributed by atoms with Crippen molar-refractivity contribution in [2.75, 3.05) is 73.2 Å². The number of aromatic nitrogens is 2. The molecule has 3 fully saturated rings. The highest BCUT2D eigenvalue weighted by Gasteiger charge is 2.40. The average molecular weight is 987 g/mol. The van der Waals surface area contributed by atoms with Gasteiger partial charge in [0.15, 0.2) is 0 Å². The standard InChI is InChI=1S/C55H70N8O9/c1-8-62-47-16-15-37-30-42(47)43(50(62)41-12-9-18-56-46(41)33-70-7)31-55(4,5)34-72-54(69)44-13-10-20-63(58-44)53(68)45(28-36-26-39(37)29-40(64)27-36)57-51(66)49(35(2)3)59(6)52(67)38-17-21-61(32-38)48(65)14-11-19-60-22-24-71-25-23-60/h9,12,15-16,18,26-27,29-30,35,38,44-45,49,58,64H,8,10,13,17,19-25,28,31-34H2,1-7H3,(H,57,66)/t38-,44-,45-,49?/m0/s1. The minimum Gasteiger partial charge on any atom is -0.508 e.